The topological polar surface area (TPSA) is 58.1 Å². The van der Waals surface area contributed by atoms with E-state index in [9.17, 15) is 4.79 Å². The molecule has 0 atom stereocenters. The lowest BCUT2D eigenvalue weighted by atomic mass is 10.4. The molecule has 13 heavy (non-hydrogen) atoms. The predicted molar refractivity (Wildman–Crippen MR) is 53.9 cm³/mol. The molecule has 1 aromatic heterocycles. The number of nitrogens with zero attached hydrogens (tertiary/aromatic N) is 1. The molecule has 0 saturated carbocycles. The zero-order valence-corrected chi connectivity index (χ0v) is 7.93. The Morgan fingerprint density at radius 3 is 2.46 bits per heavy atom. The van der Waals surface area contributed by atoms with E-state index in [1.807, 2.05) is 0 Å². The minimum atomic E-state index is -0.130. The van der Waals surface area contributed by atoms with E-state index in [0.29, 0.717) is 11.5 Å². The average molecular weight is 181 g/mol. The van der Waals surface area contributed by atoms with E-state index < -0.39 is 0 Å². The summed E-state index contributed by atoms with van der Waals surface area (Å²) >= 11 is 0. The molecule has 0 amide bonds. The second kappa shape index (κ2) is 3.84. The molecule has 5 nitrogen and oxygen atoms in total. The summed E-state index contributed by atoms with van der Waals surface area (Å²) in [6.45, 7) is 0. The predicted octanol–water partition coefficient (Wildman–Crippen LogP) is -0.0948. The molecule has 0 aliphatic heterocycles. The molecular weight excluding hydrogens is 168 g/mol. The summed E-state index contributed by atoms with van der Waals surface area (Å²) in [5, 5.41) is 5.72. The van der Waals surface area contributed by atoms with Crippen LogP contribution in [0.5, 0.6) is 0 Å². The van der Waals surface area contributed by atoms with Gasteiger partial charge in [0.05, 0.1) is 11.8 Å². The summed E-state index contributed by atoms with van der Waals surface area (Å²) in [4.78, 5) is 11.4. The molecule has 1 aromatic rings. The molecule has 1 heterocycles. The number of hydrogen-bond donors (Lipinski definition) is 3. The van der Waals surface area contributed by atoms with Gasteiger partial charge in [0.1, 0.15) is 5.82 Å². The van der Waals surface area contributed by atoms with Crippen LogP contribution >= 0.6 is 0 Å². The van der Waals surface area contributed by atoms with Crippen molar-refractivity contribution >= 4 is 11.5 Å². The molecule has 0 bridgehead atoms. The van der Waals surface area contributed by atoms with Gasteiger partial charge in [0.2, 0.25) is 0 Å². The highest BCUT2D eigenvalue weighted by Gasteiger charge is 2.02. The van der Waals surface area contributed by atoms with Gasteiger partial charge >= 0.3 is 0 Å². The van der Waals surface area contributed by atoms with E-state index in [-0.39, 0.29) is 5.56 Å². The number of aromatic nitrogens is 1. The average Bonchev–Trinajstić information content (AvgIpc) is 2.16. The van der Waals surface area contributed by atoms with Crippen LogP contribution < -0.4 is 21.6 Å². The zero-order valence-electron chi connectivity index (χ0n) is 7.93. The first-order valence-corrected chi connectivity index (χ1v) is 3.95. The van der Waals surface area contributed by atoms with E-state index in [1.165, 1.54) is 10.7 Å². The standard InChI is InChI=1S/C8H13N4O/c1-9-6-4-7(10-2)12(11-3)8(13)5-6/h5,9-11H,1-3H3. The van der Waals surface area contributed by atoms with Gasteiger partial charge in [-0.15, -0.1) is 0 Å². The van der Waals surface area contributed by atoms with Crippen molar-refractivity contribution in [1.29, 1.82) is 0 Å². The fraction of sp³-hybridized carbons (Fsp3) is 0.375. The molecule has 0 fully saturated rings. The minimum absolute atomic E-state index is 0.130. The molecule has 3 N–H and O–H groups in total. The van der Waals surface area contributed by atoms with Crippen LogP contribution in [0, 0.1) is 6.07 Å². The van der Waals surface area contributed by atoms with Gasteiger partial charge < -0.3 is 16.1 Å². The van der Waals surface area contributed by atoms with Crippen molar-refractivity contribution in [2.75, 3.05) is 37.2 Å². The highest BCUT2D eigenvalue weighted by molar-refractivity contribution is 5.50. The maximum absolute atomic E-state index is 11.4. The van der Waals surface area contributed by atoms with Crippen molar-refractivity contribution in [1.82, 2.24) is 4.68 Å². The van der Waals surface area contributed by atoms with Crippen molar-refractivity contribution in [2.45, 2.75) is 0 Å². The van der Waals surface area contributed by atoms with Crippen LogP contribution in [0.4, 0.5) is 11.5 Å². The molecule has 0 aromatic carbocycles. The summed E-state index contributed by atoms with van der Waals surface area (Å²) in [7, 11) is 5.15. The summed E-state index contributed by atoms with van der Waals surface area (Å²) < 4.78 is 1.38. The van der Waals surface area contributed by atoms with Crippen molar-refractivity contribution in [3.63, 3.8) is 0 Å². The molecular formula is C8H13N4O. The van der Waals surface area contributed by atoms with Gasteiger partial charge in [-0.25, -0.2) is 4.68 Å². The van der Waals surface area contributed by atoms with E-state index >= 15 is 0 Å². The third-order valence-corrected chi connectivity index (χ3v) is 1.69. The van der Waals surface area contributed by atoms with Crippen LogP contribution in [0.2, 0.25) is 0 Å². The van der Waals surface area contributed by atoms with Crippen LogP contribution in [0.25, 0.3) is 0 Å². The summed E-state index contributed by atoms with van der Waals surface area (Å²) in [6, 6.07) is 4.45. The third kappa shape index (κ3) is 1.74. The van der Waals surface area contributed by atoms with Crippen LogP contribution in [-0.2, 0) is 0 Å². The Balaban J connectivity index is 3.29. The number of hydrogen-bond acceptors (Lipinski definition) is 4. The monoisotopic (exact) mass is 181 g/mol. The van der Waals surface area contributed by atoms with Gasteiger partial charge in [0, 0.05) is 27.2 Å². The Bertz CT molecular complexity index is 344. The lowest BCUT2D eigenvalue weighted by Gasteiger charge is -2.11. The fourth-order valence-electron chi connectivity index (χ4n) is 1.05. The van der Waals surface area contributed by atoms with Gasteiger partial charge in [-0.05, 0) is 0 Å². The quantitative estimate of drug-likeness (QED) is 0.609. The van der Waals surface area contributed by atoms with Crippen molar-refractivity contribution in [3.8, 4) is 0 Å². The Hall–Kier alpha value is -1.65. The maximum Gasteiger partial charge on any atom is 0.272 e. The third-order valence-electron chi connectivity index (χ3n) is 1.69. The largest absolute Gasteiger partial charge is 0.387 e. The van der Waals surface area contributed by atoms with E-state index in [1.54, 1.807) is 21.1 Å². The molecule has 0 aliphatic rings. The van der Waals surface area contributed by atoms with E-state index in [4.69, 9.17) is 0 Å². The highest BCUT2D eigenvalue weighted by Crippen LogP contribution is 2.08. The molecule has 0 spiro atoms. The van der Waals surface area contributed by atoms with Gasteiger partial charge in [-0.2, -0.15) is 0 Å². The van der Waals surface area contributed by atoms with Crippen molar-refractivity contribution in [3.05, 3.63) is 22.5 Å². The number of rotatable bonds is 3. The first kappa shape index (κ1) is 9.44. The zero-order chi connectivity index (χ0) is 9.84. The van der Waals surface area contributed by atoms with E-state index in [2.05, 4.69) is 22.1 Å². The van der Waals surface area contributed by atoms with Gasteiger partial charge in [0.25, 0.3) is 5.56 Å². The number of nitrogens with one attached hydrogen (secondary N) is 3. The minimum Gasteiger partial charge on any atom is -0.387 e. The second-order valence-electron chi connectivity index (χ2n) is 2.43. The fourth-order valence-corrected chi connectivity index (χ4v) is 1.05. The molecule has 1 radical (unpaired) electrons. The Labute approximate surface area is 76.7 Å². The first-order chi connectivity index (χ1) is 6.22. The normalized spacial score (nSPS) is 9.46. The van der Waals surface area contributed by atoms with Gasteiger partial charge in [0.15, 0.2) is 0 Å². The smallest absolute Gasteiger partial charge is 0.272 e. The first-order valence-electron chi connectivity index (χ1n) is 3.95. The van der Waals surface area contributed by atoms with E-state index in [0.717, 1.165) is 0 Å². The van der Waals surface area contributed by atoms with Crippen molar-refractivity contribution in [2.24, 2.45) is 0 Å². The maximum atomic E-state index is 11.4. The van der Waals surface area contributed by atoms with Crippen LogP contribution in [0.1, 0.15) is 0 Å². The summed E-state index contributed by atoms with van der Waals surface area (Å²) in [5.74, 6) is 0.597. The summed E-state index contributed by atoms with van der Waals surface area (Å²) in [5.41, 5.74) is 3.29. The molecule has 5 heteroatoms. The second-order valence-corrected chi connectivity index (χ2v) is 2.43. The Morgan fingerprint density at radius 1 is 1.31 bits per heavy atom. The molecule has 0 aliphatic carbocycles. The van der Waals surface area contributed by atoms with Crippen LogP contribution in [0.3, 0.4) is 0 Å². The van der Waals surface area contributed by atoms with Crippen LogP contribution in [0.15, 0.2) is 10.9 Å². The number of anilines is 2. The SMILES string of the molecule is CNc1[c]c(NC)n(NC)c(=O)c1. The van der Waals surface area contributed by atoms with Crippen molar-refractivity contribution < 1.29 is 0 Å². The van der Waals surface area contributed by atoms with Gasteiger partial charge in [-0.3, -0.25) is 4.79 Å². The lowest BCUT2D eigenvalue weighted by Crippen LogP contribution is -2.28. The Morgan fingerprint density at radius 2 is 2.00 bits per heavy atom. The highest BCUT2D eigenvalue weighted by atomic mass is 16.1. The molecule has 0 saturated heterocycles. The summed E-state index contributed by atoms with van der Waals surface area (Å²) in [6.07, 6.45) is 0. The van der Waals surface area contributed by atoms with Gasteiger partial charge in [-0.1, -0.05) is 0 Å². The molecule has 1 rings (SSSR count). The van der Waals surface area contributed by atoms with Crippen LogP contribution in [-0.4, -0.2) is 25.8 Å². The lowest BCUT2D eigenvalue weighted by molar-refractivity contribution is 0.878. The molecule has 71 valence electrons. The number of pyridine rings is 1. The molecule has 0 unspecified atom stereocenters. The Kier molecular flexibility index (Phi) is 2.79.